The van der Waals surface area contributed by atoms with Crippen molar-refractivity contribution < 1.29 is 9.63 Å². The molecular formula is C23H21NO2. The SMILES string of the molecule is Cc1ccc(C2(c3ccc(C)cc3)ON(Cc3ccccc3)C2=O)cc1. The quantitative estimate of drug-likeness (QED) is 0.697. The number of aryl methyl sites for hydroxylation is 2. The highest BCUT2D eigenvalue weighted by Crippen LogP contribution is 2.44. The Morgan fingerprint density at radius 2 is 1.27 bits per heavy atom. The van der Waals surface area contributed by atoms with E-state index >= 15 is 0 Å². The number of hydrogen-bond donors (Lipinski definition) is 0. The van der Waals surface area contributed by atoms with E-state index in [0.717, 1.165) is 27.8 Å². The first kappa shape index (κ1) is 16.6. The Balaban J connectivity index is 1.70. The normalized spacial score (nSPS) is 15.6. The molecule has 0 aromatic heterocycles. The zero-order valence-corrected chi connectivity index (χ0v) is 15.0. The summed E-state index contributed by atoms with van der Waals surface area (Å²) in [7, 11) is 0. The van der Waals surface area contributed by atoms with Gasteiger partial charge in [-0.25, -0.2) is 9.90 Å². The number of carbonyl (C=O) groups is 1. The molecule has 1 saturated heterocycles. The molecule has 3 nitrogen and oxygen atoms in total. The first-order valence-electron chi connectivity index (χ1n) is 8.79. The van der Waals surface area contributed by atoms with E-state index in [4.69, 9.17) is 4.84 Å². The van der Waals surface area contributed by atoms with Crippen molar-refractivity contribution in [2.24, 2.45) is 0 Å². The van der Waals surface area contributed by atoms with Gasteiger partial charge in [0.25, 0.3) is 5.91 Å². The van der Waals surface area contributed by atoms with E-state index < -0.39 is 5.60 Å². The summed E-state index contributed by atoms with van der Waals surface area (Å²) >= 11 is 0. The van der Waals surface area contributed by atoms with Crippen LogP contribution in [0, 0.1) is 13.8 Å². The molecule has 1 amide bonds. The second kappa shape index (κ2) is 6.43. The number of carbonyl (C=O) groups excluding carboxylic acids is 1. The Kier molecular flexibility index (Phi) is 4.09. The molecule has 0 atom stereocenters. The molecule has 3 heteroatoms. The molecule has 0 N–H and O–H groups in total. The number of nitrogens with zero attached hydrogens (tertiary/aromatic N) is 1. The average molecular weight is 343 g/mol. The molecule has 0 aliphatic carbocycles. The largest absolute Gasteiger partial charge is 0.290 e. The Bertz CT molecular complexity index is 869. The smallest absolute Gasteiger partial charge is 0.268 e. The number of rotatable bonds is 4. The molecule has 1 aliphatic heterocycles. The van der Waals surface area contributed by atoms with E-state index in [2.05, 4.69) is 0 Å². The van der Waals surface area contributed by atoms with Gasteiger partial charge in [0.15, 0.2) is 0 Å². The molecular weight excluding hydrogens is 322 g/mol. The van der Waals surface area contributed by atoms with Crippen LogP contribution in [0.25, 0.3) is 0 Å². The third-order valence-electron chi connectivity index (χ3n) is 4.86. The van der Waals surface area contributed by atoms with Crippen LogP contribution >= 0.6 is 0 Å². The van der Waals surface area contributed by atoms with E-state index in [9.17, 15) is 4.79 Å². The summed E-state index contributed by atoms with van der Waals surface area (Å²) in [6.07, 6.45) is 0. The summed E-state index contributed by atoms with van der Waals surface area (Å²) in [6.45, 7) is 4.51. The molecule has 0 unspecified atom stereocenters. The van der Waals surface area contributed by atoms with Gasteiger partial charge in [0.2, 0.25) is 5.60 Å². The van der Waals surface area contributed by atoms with Crippen LogP contribution < -0.4 is 0 Å². The Labute approximate surface area is 153 Å². The molecule has 0 spiro atoms. The topological polar surface area (TPSA) is 29.5 Å². The second-order valence-electron chi connectivity index (χ2n) is 6.83. The maximum atomic E-state index is 13.3. The molecule has 3 aromatic rings. The third kappa shape index (κ3) is 2.71. The van der Waals surface area contributed by atoms with Crippen molar-refractivity contribution >= 4 is 5.91 Å². The van der Waals surface area contributed by atoms with Crippen molar-refractivity contribution in [2.45, 2.75) is 26.0 Å². The molecule has 3 aromatic carbocycles. The maximum Gasteiger partial charge on any atom is 0.290 e. The van der Waals surface area contributed by atoms with Gasteiger partial charge >= 0.3 is 0 Å². The lowest BCUT2D eigenvalue weighted by Gasteiger charge is -2.48. The van der Waals surface area contributed by atoms with E-state index in [0.29, 0.717) is 6.54 Å². The van der Waals surface area contributed by atoms with Crippen LogP contribution in [0.15, 0.2) is 78.9 Å². The highest BCUT2D eigenvalue weighted by Gasteiger charge is 2.57. The molecule has 1 heterocycles. The average Bonchev–Trinajstić information content (AvgIpc) is 2.67. The molecule has 0 saturated carbocycles. The van der Waals surface area contributed by atoms with Crippen LogP contribution in [0.5, 0.6) is 0 Å². The summed E-state index contributed by atoms with van der Waals surface area (Å²) in [4.78, 5) is 19.4. The summed E-state index contributed by atoms with van der Waals surface area (Å²) in [5, 5.41) is 1.45. The van der Waals surface area contributed by atoms with Gasteiger partial charge in [-0.15, -0.1) is 0 Å². The minimum Gasteiger partial charge on any atom is -0.268 e. The molecule has 26 heavy (non-hydrogen) atoms. The predicted molar refractivity (Wildman–Crippen MR) is 101 cm³/mol. The Morgan fingerprint density at radius 1 is 0.769 bits per heavy atom. The van der Waals surface area contributed by atoms with Gasteiger partial charge in [-0.05, 0) is 19.4 Å². The highest BCUT2D eigenvalue weighted by molar-refractivity contribution is 5.93. The fourth-order valence-corrected chi connectivity index (χ4v) is 3.33. The van der Waals surface area contributed by atoms with Crippen molar-refractivity contribution in [3.63, 3.8) is 0 Å². The van der Waals surface area contributed by atoms with E-state index in [1.54, 1.807) is 0 Å². The summed E-state index contributed by atoms with van der Waals surface area (Å²) < 4.78 is 0. The van der Waals surface area contributed by atoms with Crippen molar-refractivity contribution in [1.29, 1.82) is 0 Å². The van der Waals surface area contributed by atoms with Crippen LogP contribution in [0.3, 0.4) is 0 Å². The van der Waals surface area contributed by atoms with Gasteiger partial charge in [-0.2, -0.15) is 0 Å². The molecule has 4 rings (SSSR count). The van der Waals surface area contributed by atoms with E-state index in [1.807, 2.05) is 92.7 Å². The highest BCUT2D eigenvalue weighted by atomic mass is 16.7. The van der Waals surface area contributed by atoms with Crippen LogP contribution in [-0.4, -0.2) is 11.0 Å². The van der Waals surface area contributed by atoms with E-state index in [1.165, 1.54) is 5.06 Å². The molecule has 130 valence electrons. The van der Waals surface area contributed by atoms with Crippen LogP contribution in [0.2, 0.25) is 0 Å². The van der Waals surface area contributed by atoms with Crippen LogP contribution in [-0.2, 0) is 21.8 Å². The molecule has 1 fully saturated rings. The lowest BCUT2D eigenvalue weighted by atomic mass is 9.82. The van der Waals surface area contributed by atoms with Gasteiger partial charge in [0.05, 0.1) is 6.54 Å². The van der Waals surface area contributed by atoms with Crippen molar-refractivity contribution in [3.8, 4) is 0 Å². The van der Waals surface area contributed by atoms with Crippen molar-refractivity contribution in [2.75, 3.05) is 0 Å². The van der Waals surface area contributed by atoms with Gasteiger partial charge in [0, 0.05) is 11.1 Å². The summed E-state index contributed by atoms with van der Waals surface area (Å²) in [5.74, 6) is -0.0333. The van der Waals surface area contributed by atoms with Crippen LogP contribution in [0.4, 0.5) is 0 Å². The monoisotopic (exact) mass is 343 g/mol. The maximum absolute atomic E-state index is 13.3. The number of hydroxylamine groups is 2. The zero-order chi connectivity index (χ0) is 18.1. The zero-order valence-electron chi connectivity index (χ0n) is 15.0. The fourth-order valence-electron chi connectivity index (χ4n) is 3.33. The van der Waals surface area contributed by atoms with Gasteiger partial charge in [0.1, 0.15) is 0 Å². The Hall–Kier alpha value is -2.91. The fraction of sp³-hybridized carbons (Fsp3) is 0.174. The number of amides is 1. The minimum atomic E-state index is -1.06. The van der Waals surface area contributed by atoms with Crippen molar-refractivity contribution in [1.82, 2.24) is 5.06 Å². The molecule has 0 radical (unpaired) electrons. The van der Waals surface area contributed by atoms with E-state index in [-0.39, 0.29) is 5.91 Å². The van der Waals surface area contributed by atoms with Gasteiger partial charge in [-0.3, -0.25) is 4.79 Å². The minimum absolute atomic E-state index is 0.0333. The number of hydrogen-bond acceptors (Lipinski definition) is 2. The summed E-state index contributed by atoms with van der Waals surface area (Å²) in [6, 6.07) is 25.9. The van der Waals surface area contributed by atoms with Crippen LogP contribution in [0.1, 0.15) is 27.8 Å². The lowest BCUT2D eigenvalue weighted by molar-refractivity contribution is -0.304. The summed E-state index contributed by atoms with van der Waals surface area (Å²) in [5.41, 5.74) is 4.02. The second-order valence-corrected chi connectivity index (χ2v) is 6.83. The van der Waals surface area contributed by atoms with Gasteiger partial charge in [-0.1, -0.05) is 90.0 Å². The predicted octanol–water partition coefficient (Wildman–Crippen LogP) is 4.52. The first-order valence-corrected chi connectivity index (χ1v) is 8.79. The van der Waals surface area contributed by atoms with Gasteiger partial charge < -0.3 is 0 Å². The first-order chi connectivity index (χ1) is 12.6. The van der Waals surface area contributed by atoms with Crippen molar-refractivity contribution in [3.05, 3.63) is 107 Å². The molecule has 1 aliphatic rings. The Morgan fingerprint density at radius 3 is 1.73 bits per heavy atom. The number of benzene rings is 3. The molecule has 0 bridgehead atoms. The lowest BCUT2D eigenvalue weighted by Crippen LogP contribution is -2.62. The standard InChI is InChI=1S/C23H21NO2/c1-17-8-12-20(13-9-17)23(21-14-10-18(2)11-15-21)22(25)24(26-23)16-19-6-4-3-5-7-19/h3-15H,16H2,1-2H3. The third-order valence-corrected chi connectivity index (χ3v) is 4.86.